The van der Waals surface area contributed by atoms with Gasteiger partial charge in [-0.3, -0.25) is 0 Å². The highest BCUT2D eigenvalue weighted by atomic mass is 16.5. The fourth-order valence-corrected chi connectivity index (χ4v) is 8.44. The number of allylic oxidation sites excluding steroid dienone is 8. The fraction of sp³-hybridized carbons (Fsp3) is 0.0741. The lowest BCUT2D eigenvalue weighted by molar-refractivity contribution is 0.269. The van der Waals surface area contributed by atoms with Crippen molar-refractivity contribution in [1.82, 2.24) is 0 Å². The summed E-state index contributed by atoms with van der Waals surface area (Å²) in [6.07, 6.45) is 23.3. The Morgan fingerprint density at radius 3 is 2.12 bits per heavy atom. The Morgan fingerprint density at radius 1 is 0.526 bits per heavy atom. The van der Waals surface area contributed by atoms with E-state index in [4.69, 9.17) is 9.47 Å². The monoisotopic (exact) mass is 735 g/mol. The third-order valence-electron chi connectivity index (χ3n) is 11.4. The number of hydrogen-bond donors (Lipinski definition) is 1. The maximum absolute atomic E-state index is 6.20. The molecule has 6 aromatic rings. The van der Waals surface area contributed by atoms with Crippen LogP contribution in [0.15, 0.2) is 213 Å². The van der Waals surface area contributed by atoms with E-state index in [1.807, 2.05) is 18.2 Å². The zero-order valence-corrected chi connectivity index (χ0v) is 31.5. The van der Waals surface area contributed by atoms with E-state index >= 15 is 0 Å². The molecular formula is C54H41NO2. The van der Waals surface area contributed by atoms with E-state index in [0.717, 1.165) is 39.4 Å². The molecule has 0 aromatic heterocycles. The van der Waals surface area contributed by atoms with E-state index < -0.39 is 0 Å². The van der Waals surface area contributed by atoms with Crippen molar-refractivity contribution in [3.8, 4) is 44.9 Å². The van der Waals surface area contributed by atoms with Crippen LogP contribution in [0.4, 0.5) is 5.69 Å². The first-order valence-electron chi connectivity index (χ1n) is 19.7. The smallest absolute Gasteiger partial charge is 0.142 e. The molecule has 4 aliphatic rings. The molecular weight excluding hydrogens is 695 g/mol. The van der Waals surface area contributed by atoms with Crippen molar-refractivity contribution in [2.75, 3.05) is 5.32 Å². The van der Waals surface area contributed by atoms with Gasteiger partial charge in [-0.2, -0.15) is 0 Å². The predicted octanol–water partition coefficient (Wildman–Crippen LogP) is 13.4. The lowest BCUT2D eigenvalue weighted by atomic mass is 9.83. The van der Waals surface area contributed by atoms with Gasteiger partial charge in [0.05, 0.1) is 12.3 Å². The van der Waals surface area contributed by atoms with Gasteiger partial charge in [0.25, 0.3) is 0 Å². The number of benzene rings is 6. The molecule has 2 aliphatic carbocycles. The van der Waals surface area contributed by atoms with Crippen molar-refractivity contribution in [1.29, 1.82) is 0 Å². The number of hydrogen-bond acceptors (Lipinski definition) is 3. The Morgan fingerprint density at radius 2 is 1.25 bits per heavy atom. The second-order valence-electron chi connectivity index (χ2n) is 15.0. The van der Waals surface area contributed by atoms with E-state index in [-0.39, 0.29) is 24.0 Å². The molecule has 0 radical (unpaired) electrons. The summed E-state index contributed by atoms with van der Waals surface area (Å²) in [7, 11) is 0. The highest BCUT2D eigenvalue weighted by Crippen LogP contribution is 2.44. The van der Waals surface area contributed by atoms with Gasteiger partial charge in [-0.05, 0) is 92.6 Å². The highest BCUT2D eigenvalue weighted by Gasteiger charge is 2.32. The van der Waals surface area contributed by atoms with Gasteiger partial charge in [-0.1, -0.05) is 164 Å². The van der Waals surface area contributed by atoms with Crippen LogP contribution >= 0.6 is 0 Å². The summed E-state index contributed by atoms with van der Waals surface area (Å²) in [4.78, 5) is 0. The molecule has 0 fully saturated rings. The quantitative estimate of drug-likeness (QED) is 0.177. The fourth-order valence-electron chi connectivity index (χ4n) is 8.44. The minimum atomic E-state index is 0.0308. The van der Waals surface area contributed by atoms with Gasteiger partial charge < -0.3 is 14.8 Å². The zero-order chi connectivity index (χ0) is 38.1. The van der Waals surface area contributed by atoms with Crippen molar-refractivity contribution in [3.05, 3.63) is 235 Å². The van der Waals surface area contributed by atoms with Crippen molar-refractivity contribution < 1.29 is 9.47 Å². The molecule has 1 N–H and O–H groups in total. The van der Waals surface area contributed by atoms with E-state index in [0.29, 0.717) is 0 Å². The first-order chi connectivity index (χ1) is 28.1. The second-order valence-corrected chi connectivity index (χ2v) is 15.0. The van der Waals surface area contributed by atoms with E-state index in [1.165, 1.54) is 44.5 Å². The summed E-state index contributed by atoms with van der Waals surface area (Å²) in [6.45, 7) is 4.28. The number of anilines is 1. The van der Waals surface area contributed by atoms with Crippen LogP contribution in [0.2, 0.25) is 0 Å². The average Bonchev–Trinajstić information content (AvgIpc) is 3.64. The van der Waals surface area contributed by atoms with Crippen LogP contribution in [0.1, 0.15) is 34.1 Å². The van der Waals surface area contributed by atoms with E-state index in [2.05, 4.69) is 194 Å². The van der Waals surface area contributed by atoms with Gasteiger partial charge >= 0.3 is 0 Å². The Bertz CT molecular complexity index is 2670. The lowest BCUT2D eigenvalue weighted by Gasteiger charge is -2.29. The standard InChI is InChI=1S/C54H41NO2/c1-36-11-7-8-32-56-54-46(36)17-10-18-47(54)39-20-22-40(23-21-39)49-34-44(42-15-9-14-41(33-42)37-12-3-2-4-13-37)26-30-51(49)55-45-28-24-38(25-29-45)43-27-31-53-50(35-43)48-16-5-6-19-52(48)57-53/h2-35,48-49,51-52,55H,1H2/b11-7-,32-8-. The molecule has 6 aromatic carbocycles. The van der Waals surface area contributed by atoms with Crippen molar-refractivity contribution >= 4 is 16.8 Å². The molecule has 4 atom stereocenters. The Kier molecular flexibility index (Phi) is 8.97. The summed E-state index contributed by atoms with van der Waals surface area (Å²) in [5, 5.41) is 3.89. The Labute approximate surface area is 334 Å². The van der Waals surface area contributed by atoms with Crippen LogP contribution in [-0.2, 0) is 0 Å². The van der Waals surface area contributed by atoms with Gasteiger partial charge in [-0.15, -0.1) is 0 Å². The normalized spacial score (nSPS) is 21.1. The lowest BCUT2D eigenvalue weighted by Crippen LogP contribution is -2.26. The van der Waals surface area contributed by atoms with Gasteiger partial charge in [0.15, 0.2) is 0 Å². The van der Waals surface area contributed by atoms with Crippen LogP contribution in [0.25, 0.3) is 44.5 Å². The van der Waals surface area contributed by atoms with E-state index in [9.17, 15) is 0 Å². The molecule has 3 heteroatoms. The van der Waals surface area contributed by atoms with Gasteiger partial charge in [0.2, 0.25) is 0 Å². The summed E-state index contributed by atoms with van der Waals surface area (Å²) in [5.41, 5.74) is 14.8. The molecule has 274 valence electrons. The van der Waals surface area contributed by atoms with Crippen molar-refractivity contribution in [2.45, 2.75) is 24.0 Å². The predicted molar refractivity (Wildman–Crippen MR) is 236 cm³/mol. The molecule has 0 saturated carbocycles. The third-order valence-corrected chi connectivity index (χ3v) is 11.4. The molecule has 0 spiro atoms. The second kappa shape index (κ2) is 14.9. The number of rotatable bonds is 7. The maximum Gasteiger partial charge on any atom is 0.142 e. The summed E-state index contributed by atoms with van der Waals surface area (Å²) in [6, 6.07) is 50.1. The molecule has 4 unspecified atom stereocenters. The van der Waals surface area contributed by atoms with Crippen LogP contribution in [-0.4, -0.2) is 12.1 Å². The van der Waals surface area contributed by atoms with Gasteiger partial charge in [0, 0.05) is 34.2 Å². The molecule has 0 amide bonds. The topological polar surface area (TPSA) is 30.5 Å². The molecule has 57 heavy (non-hydrogen) atoms. The first-order valence-corrected chi connectivity index (χ1v) is 19.7. The minimum Gasteiger partial charge on any atom is -0.485 e. The van der Waals surface area contributed by atoms with Crippen LogP contribution in [0, 0.1) is 0 Å². The molecule has 2 aliphatic heterocycles. The SMILES string of the molecule is C=C1/C=C\C=C/Oc2c1cccc2-c1ccc(C2C=C(c3cccc(-c4ccccc4)c3)C=CC2Nc2ccc(-c3ccc4c(c3)C3C=CC=CC3O4)cc2)cc1. The average molecular weight is 736 g/mol. The molecule has 0 saturated heterocycles. The van der Waals surface area contributed by atoms with Crippen LogP contribution in [0.5, 0.6) is 11.5 Å². The molecule has 2 heterocycles. The largest absolute Gasteiger partial charge is 0.485 e. The highest BCUT2D eigenvalue weighted by molar-refractivity contribution is 5.85. The van der Waals surface area contributed by atoms with Gasteiger partial charge in [0.1, 0.15) is 17.6 Å². The Hall–Kier alpha value is -7.10. The summed E-state index contributed by atoms with van der Waals surface area (Å²) < 4.78 is 12.4. The number of ether oxygens (including phenoxy) is 2. The molecule has 0 bridgehead atoms. The number of fused-ring (bicyclic) bond motifs is 4. The third kappa shape index (κ3) is 6.79. The molecule has 3 nitrogen and oxygen atoms in total. The molecule has 10 rings (SSSR count). The minimum absolute atomic E-state index is 0.0308. The zero-order valence-electron chi connectivity index (χ0n) is 31.5. The van der Waals surface area contributed by atoms with E-state index in [1.54, 1.807) is 6.26 Å². The van der Waals surface area contributed by atoms with Crippen LogP contribution < -0.4 is 14.8 Å². The van der Waals surface area contributed by atoms with Gasteiger partial charge in [-0.25, -0.2) is 0 Å². The van der Waals surface area contributed by atoms with Crippen molar-refractivity contribution in [2.24, 2.45) is 0 Å². The van der Waals surface area contributed by atoms with Crippen molar-refractivity contribution in [3.63, 3.8) is 0 Å². The Balaban J connectivity index is 0.959. The maximum atomic E-state index is 6.20. The van der Waals surface area contributed by atoms with Crippen LogP contribution in [0.3, 0.4) is 0 Å². The summed E-state index contributed by atoms with van der Waals surface area (Å²) in [5.74, 6) is 2.14. The first kappa shape index (κ1) is 34.4. The number of para-hydroxylation sites is 1. The number of nitrogens with one attached hydrogen (secondary N) is 1. The summed E-state index contributed by atoms with van der Waals surface area (Å²) >= 11 is 0.